The first-order valence-electron chi connectivity index (χ1n) is 11.1. The van der Waals surface area contributed by atoms with Gasteiger partial charge in [-0.15, -0.1) is 0 Å². The summed E-state index contributed by atoms with van der Waals surface area (Å²) in [4.78, 5) is 1.31. The molecule has 0 aliphatic rings. The van der Waals surface area contributed by atoms with Crippen LogP contribution in [0.4, 0.5) is 0 Å². The summed E-state index contributed by atoms with van der Waals surface area (Å²) in [7, 11) is -0.0764. The van der Waals surface area contributed by atoms with Gasteiger partial charge in [-0.3, -0.25) is 0 Å². The second-order valence-corrected chi connectivity index (χ2v) is 13.3. The highest BCUT2D eigenvalue weighted by atomic mass is 127. The molecule has 35 heavy (non-hydrogen) atoms. The molecule has 0 saturated heterocycles. The van der Waals surface area contributed by atoms with E-state index in [1.54, 1.807) is 0 Å². The van der Waals surface area contributed by atoms with Crippen molar-refractivity contribution in [3.05, 3.63) is 95.6 Å². The molecule has 3 nitrogen and oxygen atoms in total. The van der Waals surface area contributed by atoms with Crippen LogP contribution < -0.4 is 9.47 Å². The maximum atomic E-state index is 5.92. The Hall–Kier alpha value is -1.15. The van der Waals surface area contributed by atoms with Crippen molar-refractivity contribution in [2.75, 3.05) is 26.4 Å². The minimum Gasteiger partial charge on any atom is -0.491 e. The maximum Gasteiger partial charge on any atom is 0.187 e. The maximum absolute atomic E-state index is 5.92. The van der Waals surface area contributed by atoms with Crippen molar-refractivity contribution in [1.29, 1.82) is 0 Å². The Kier molecular flexibility index (Phi) is 8.69. The Labute approximate surface area is 248 Å². The van der Waals surface area contributed by atoms with Gasteiger partial charge >= 0.3 is 0 Å². The smallest absolute Gasteiger partial charge is 0.187 e. The number of benzene rings is 4. The van der Waals surface area contributed by atoms with E-state index in [1.807, 2.05) is 0 Å². The highest BCUT2D eigenvalue weighted by Gasteiger charge is 2.22. The van der Waals surface area contributed by atoms with Crippen LogP contribution in [0.2, 0.25) is 0 Å². The van der Waals surface area contributed by atoms with Gasteiger partial charge in [-0.25, -0.2) is 0 Å². The molecule has 7 heteroatoms. The van der Waals surface area contributed by atoms with Gasteiger partial charge < -0.3 is 14.2 Å². The van der Waals surface area contributed by atoms with Gasteiger partial charge in [-0.2, -0.15) is 0 Å². The van der Waals surface area contributed by atoms with Crippen LogP contribution in [-0.2, 0) is 4.74 Å². The van der Waals surface area contributed by atoms with Crippen LogP contribution in [0, 0.1) is 10.7 Å². The van der Waals surface area contributed by atoms with Gasteiger partial charge in [0.25, 0.3) is 0 Å². The van der Waals surface area contributed by atoms with E-state index in [0.717, 1.165) is 18.6 Å². The molecular formula is C28H22I3O3S+. The second-order valence-electron chi connectivity index (χ2n) is 7.78. The van der Waals surface area contributed by atoms with Gasteiger partial charge in [0.2, 0.25) is 0 Å². The number of fused-ring (bicyclic) bond motifs is 3. The van der Waals surface area contributed by atoms with E-state index in [0.29, 0.717) is 26.4 Å². The SMILES string of the molecule is Ic1cc(I)c(OCCOCCOc2ccc(-[s+]3c4ccccc4c4ccccc43)cc2)c(I)c1. The van der Waals surface area contributed by atoms with Gasteiger partial charge in [0, 0.05) is 36.9 Å². The third kappa shape index (κ3) is 5.89. The zero-order valence-corrected chi connectivity index (χ0v) is 26.0. The molecule has 178 valence electrons. The Morgan fingerprint density at radius 2 is 1.14 bits per heavy atom. The van der Waals surface area contributed by atoms with Gasteiger partial charge in [0.15, 0.2) is 14.3 Å². The molecule has 4 aromatic carbocycles. The third-order valence-corrected chi connectivity index (χ3v) is 10.1. The molecule has 1 aromatic heterocycles. The van der Waals surface area contributed by atoms with Gasteiger partial charge in [-0.1, -0.05) is 24.3 Å². The standard InChI is InChI=1S/C28H22I3O3S/c29-19-17-24(30)28(25(31)18-19)34-16-14-32-13-15-33-20-9-11-21(12-10-20)35-26-7-3-1-5-22(26)23-6-2-4-8-27(23)35/h1-12,17-18H,13-16H2/q+1. The van der Waals surface area contributed by atoms with Crippen molar-refractivity contribution in [2.45, 2.75) is 0 Å². The van der Waals surface area contributed by atoms with Crippen molar-refractivity contribution in [3.63, 3.8) is 0 Å². The lowest BCUT2D eigenvalue weighted by atomic mass is 10.2. The molecule has 0 radical (unpaired) electrons. The molecule has 0 aliphatic carbocycles. The number of thiophene rings is 1. The zero-order chi connectivity index (χ0) is 24.2. The summed E-state index contributed by atoms with van der Waals surface area (Å²) in [5.74, 6) is 1.79. The van der Waals surface area contributed by atoms with E-state index in [4.69, 9.17) is 14.2 Å². The van der Waals surface area contributed by atoms with E-state index in [9.17, 15) is 0 Å². The Balaban J connectivity index is 1.14. The van der Waals surface area contributed by atoms with Crippen LogP contribution in [0.5, 0.6) is 11.5 Å². The highest BCUT2D eigenvalue weighted by molar-refractivity contribution is 14.1. The fraction of sp³-hybridized carbons (Fsp3) is 0.143. The molecule has 5 rings (SSSR count). The van der Waals surface area contributed by atoms with E-state index in [-0.39, 0.29) is 10.5 Å². The Morgan fingerprint density at radius 1 is 0.600 bits per heavy atom. The summed E-state index contributed by atoms with van der Waals surface area (Å²) >= 11 is 6.95. The first-order valence-corrected chi connectivity index (χ1v) is 15.6. The summed E-state index contributed by atoms with van der Waals surface area (Å²) in [6.07, 6.45) is 0. The van der Waals surface area contributed by atoms with Crippen LogP contribution in [0.3, 0.4) is 0 Å². The average Bonchev–Trinajstić information content (AvgIpc) is 3.19. The fourth-order valence-corrected chi connectivity index (χ4v) is 10.2. The van der Waals surface area contributed by atoms with Crippen molar-refractivity contribution in [1.82, 2.24) is 0 Å². The van der Waals surface area contributed by atoms with Crippen molar-refractivity contribution < 1.29 is 14.2 Å². The lowest BCUT2D eigenvalue weighted by Crippen LogP contribution is -2.12. The molecule has 0 saturated carbocycles. The lowest BCUT2D eigenvalue weighted by molar-refractivity contribution is 0.0760. The molecule has 0 unspecified atom stereocenters. The minimum atomic E-state index is -0.0764. The molecule has 0 fully saturated rings. The van der Waals surface area contributed by atoms with Crippen molar-refractivity contribution >= 4 is 98.4 Å². The van der Waals surface area contributed by atoms with Crippen LogP contribution in [0.25, 0.3) is 25.1 Å². The summed E-state index contributed by atoms with van der Waals surface area (Å²) in [6, 6.07) is 30.2. The number of rotatable bonds is 9. The van der Waals surface area contributed by atoms with Gasteiger partial charge in [0.1, 0.15) is 24.7 Å². The summed E-state index contributed by atoms with van der Waals surface area (Å²) in [5, 5.41) is 2.69. The van der Waals surface area contributed by atoms with Crippen LogP contribution in [0.15, 0.2) is 84.9 Å². The van der Waals surface area contributed by atoms with E-state index in [2.05, 4.69) is 153 Å². The molecule has 0 bridgehead atoms. The molecular weight excluding hydrogens is 797 g/mol. The quantitative estimate of drug-likeness (QED) is 0.0845. The summed E-state index contributed by atoms with van der Waals surface area (Å²) in [6.45, 7) is 2.08. The molecule has 1 heterocycles. The van der Waals surface area contributed by atoms with Gasteiger partial charge in [0.05, 0.1) is 20.4 Å². The summed E-state index contributed by atoms with van der Waals surface area (Å²) < 4.78 is 23.8. The minimum absolute atomic E-state index is 0.0764. The Morgan fingerprint density at radius 3 is 1.74 bits per heavy atom. The number of hydrogen-bond donors (Lipinski definition) is 0. The monoisotopic (exact) mass is 819 g/mol. The molecule has 0 spiro atoms. The first-order chi connectivity index (χ1) is 17.1. The highest BCUT2D eigenvalue weighted by Crippen LogP contribution is 2.48. The van der Waals surface area contributed by atoms with E-state index < -0.39 is 0 Å². The first kappa shape index (κ1) is 25.5. The van der Waals surface area contributed by atoms with Crippen LogP contribution >= 0.6 is 78.2 Å². The average molecular weight is 819 g/mol. The van der Waals surface area contributed by atoms with Crippen molar-refractivity contribution in [2.24, 2.45) is 0 Å². The predicted octanol–water partition coefficient (Wildman–Crippen LogP) is 9.02. The number of ether oxygens (including phenoxy) is 3. The lowest BCUT2D eigenvalue weighted by Gasteiger charge is -2.11. The topological polar surface area (TPSA) is 27.7 Å². The molecule has 0 atom stereocenters. The van der Waals surface area contributed by atoms with Crippen LogP contribution in [-0.4, -0.2) is 26.4 Å². The van der Waals surface area contributed by atoms with Crippen molar-refractivity contribution in [3.8, 4) is 16.4 Å². The summed E-state index contributed by atoms with van der Waals surface area (Å²) in [5.41, 5.74) is 0. The van der Waals surface area contributed by atoms with E-state index in [1.165, 1.54) is 28.6 Å². The Bertz CT molecular complexity index is 1390. The normalized spacial score (nSPS) is 11.3. The van der Waals surface area contributed by atoms with Crippen LogP contribution in [0.1, 0.15) is 0 Å². The van der Waals surface area contributed by atoms with E-state index >= 15 is 0 Å². The fourth-order valence-electron chi connectivity index (χ4n) is 3.97. The molecule has 0 amide bonds. The predicted molar refractivity (Wildman–Crippen MR) is 172 cm³/mol. The molecule has 0 N–H and O–H groups in total. The molecule has 0 aliphatic heterocycles. The second kappa shape index (κ2) is 11.9. The molecule has 5 aromatic rings. The zero-order valence-electron chi connectivity index (χ0n) is 18.7. The largest absolute Gasteiger partial charge is 0.491 e. The number of hydrogen-bond acceptors (Lipinski definition) is 3. The number of halogens is 3. The van der Waals surface area contributed by atoms with Gasteiger partial charge in [-0.05, 0) is 116 Å². The third-order valence-electron chi connectivity index (χ3n) is 5.50.